The normalized spacial score (nSPS) is 23.1. The molecule has 44 valence electrons. The van der Waals surface area contributed by atoms with Crippen LogP contribution in [0.5, 0.6) is 0 Å². The molecule has 7 heavy (non-hydrogen) atoms. The van der Waals surface area contributed by atoms with E-state index in [1.165, 1.54) is 0 Å². The molecule has 0 saturated carbocycles. The summed E-state index contributed by atoms with van der Waals surface area (Å²) >= 11 is 0. The van der Waals surface area contributed by atoms with E-state index >= 15 is 0 Å². The van der Waals surface area contributed by atoms with Crippen LogP contribution >= 0.6 is 0 Å². The van der Waals surface area contributed by atoms with Crippen LogP contribution in [-0.2, 0) is 9.78 Å². The molecule has 1 aliphatic rings. The predicted molar refractivity (Wildman–Crippen MR) is 28.7 cm³/mol. The number of hydrogen-bond donors (Lipinski definition) is 1. The van der Waals surface area contributed by atoms with Crippen LogP contribution in [-0.4, -0.2) is 28.7 Å². The molecule has 0 aromatic heterocycles. The molecular weight excluding hydrogens is 157 g/mol. The average molecular weight is 167 g/mol. The zero-order chi connectivity index (χ0) is 4.62. The first-order valence-electron chi connectivity index (χ1n) is 1.86. The van der Waals surface area contributed by atoms with E-state index in [4.69, 9.17) is 5.11 Å². The van der Waals surface area contributed by atoms with Crippen molar-refractivity contribution in [2.75, 3.05) is 0 Å². The Morgan fingerprint density at radius 2 is 2.00 bits per heavy atom. The van der Waals surface area contributed by atoms with Gasteiger partial charge in [0.15, 0.2) is 0 Å². The van der Waals surface area contributed by atoms with Crippen LogP contribution in [0.1, 0.15) is 13.3 Å². The van der Waals surface area contributed by atoms with E-state index in [-0.39, 0.29) is 17.6 Å². The topological polar surface area (TPSA) is 45.3 Å². The molecule has 1 aliphatic heterocycles. The zero-order valence-electron chi connectivity index (χ0n) is 3.47. The fourth-order valence-corrected chi connectivity index (χ4v) is 0.166. The molecule has 1 saturated heterocycles. The van der Waals surface area contributed by atoms with Gasteiger partial charge in [0.25, 0.3) is 0 Å². The standard InChI is InChI=1S/C3H6O3.GeH4/c1-2-3(4)5-6-3;/h4H,2H2,1H3;1H4. The first-order chi connectivity index (χ1) is 2.77. The molecule has 1 N–H and O–H groups in total. The van der Waals surface area contributed by atoms with Gasteiger partial charge >= 0.3 is 23.6 Å². The van der Waals surface area contributed by atoms with Crippen LogP contribution in [0.2, 0.25) is 0 Å². The van der Waals surface area contributed by atoms with Crippen molar-refractivity contribution >= 4 is 17.6 Å². The van der Waals surface area contributed by atoms with E-state index in [1.807, 2.05) is 0 Å². The van der Waals surface area contributed by atoms with E-state index in [2.05, 4.69) is 9.78 Å². The summed E-state index contributed by atoms with van der Waals surface area (Å²) in [5.41, 5.74) is 0. The monoisotopic (exact) mass is 168 g/mol. The molecule has 4 heteroatoms. The van der Waals surface area contributed by atoms with Crippen molar-refractivity contribution < 1.29 is 14.9 Å². The van der Waals surface area contributed by atoms with Gasteiger partial charge in [-0.15, -0.1) is 0 Å². The zero-order valence-corrected chi connectivity index (χ0v) is 3.47. The molecule has 1 fully saturated rings. The Balaban J connectivity index is 0.000000360. The van der Waals surface area contributed by atoms with Gasteiger partial charge in [0.2, 0.25) is 0 Å². The summed E-state index contributed by atoms with van der Waals surface area (Å²) in [7, 11) is 0. The van der Waals surface area contributed by atoms with E-state index in [1.54, 1.807) is 6.92 Å². The van der Waals surface area contributed by atoms with Crippen LogP contribution in [0, 0.1) is 0 Å². The third-order valence-electron chi connectivity index (χ3n) is 0.723. The van der Waals surface area contributed by atoms with Crippen molar-refractivity contribution in [2.45, 2.75) is 19.3 Å². The van der Waals surface area contributed by atoms with Gasteiger partial charge in [0, 0.05) is 6.42 Å². The minimum absolute atomic E-state index is 0. The summed E-state index contributed by atoms with van der Waals surface area (Å²) in [6.45, 7) is 1.77. The van der Waals surface area contributed by atoms with E-state index < -0.39 is 5.97 Å². The van der Waals surface area contributed by atoms with Crippen LogP contribution in [0.4, 0.5) is 0 Å². The Labute approximate surface area is 52.5 Å². The van der Waals surface area contributed by atoms with E-state index in [9.17, 15) is 0 Å². The molecule has 0 unspecified atom stereocenters. The van der Waals surface area contributed by atoms with Crippen LogP contribution < -0.4 is 0 Å². The van der Waals surface area contributed by atoms with E-state index in [0.29, 0.717) is 6.42 Å². The molecule has 3 nitrogen and oxygen atoms in total. The summed E-state index contributed by atoms with van der Waals surface area (Å²) < 4.78 is 0. The fraction of sp³-hybridized carbons (Fsp3) is 1.00. The molecule has 0 aromatic carbocycles. The van der Waals surface area contributed by atoms with Crippen LogP contribution in [0.25, 0.3) is 0 Å². The third-order valence-corrected chi connectivity index (χ3v) is 0.723. The summed E-state index contributed by atoms with van der Waals surface area (Å²) in [4.78, 5) is 8.20. The second-order valence-corrected chi connectivity index (χ2v) is 1.23. The molecular formula is C3H10GeO3. The van der Waals surface area contributed by atoms with Gasteiger partial charge < -0.3 is 5.11 Å². The van der Waals surface area contributed by atoms with Gasteiger partial charge in [-0.05, 0) is 0 Å². The average Bonchev–Trinajstić information content (AvgIpc) is 2.22. The second-order valence-electron chi connectivity index (χ2n) is 1.23. The Bertz CT molecular complexity index is 61.2. The number of rotatable bonds is 1. The van der Waals surface area contributed by atoms with Crippen LogP contribution in [0.15, 0.2) is 0 Å². The molecule has 0 radical (unpaired) electrons. The van der Waals surface area contributed by atoms with Crippen molar-refractivity contribution in [3.05, 3.63) is 0 Å². The SMILES string of the molecule is CCC1(O)OO1.[GeH4]. The Hall–Kier alpha value is 0.423. The summed E-state index contributed by atoms with van der Waals surface area (Å²) in [5, 5.41) is 8.49. The molecule has 0 amide bonds. The summed E-state index contributed by atoms with van der Waals surface area (Å²) in [6, 6.07) is 0. The first-order valence-corrected chi connectivity index (χ1v) is 1.86. The quantitative estimate of drug-likeness (QED) is 0.295. The predicted octanol–water partition coefficient (Wildman–Crippen LogP) is -1.45. The molecule has 0 spiro atoms. The molecule has 1 heterocycles. The Morgan fingerprint density at radius 1 is 1.57 bits per heavy atom. The minimum atomic E-state index is -1.21. The van der Waals surface area contributed by atoms with Crippen molar-refractivity contribution in [1.29, 1.82) is 0 Å². The summed E-state index contributed by atoms with van der Waals surface area (Å²) in [6.07, 6.45) is 0.493. The van der Waals surface area contributed by atoms with Crippen molar-refractivity contribution in [3.63, 3.8) is 0 Å². The van der Waals surface area contributed by atoms with Crippen molar-refractivity contribution in [2.24, 2.45) is 0 Å². The second kappa shape index (κ2) is 2.13. The van der Waals surface area contributed by atoms with Gasteiger partial charge in [0.1, 0.15) is 0 Å². The van der Waals surface area contributed by atoms with E-state index in [0.717, 1.165) is 0 Å². The number of aliphatic hydroxyl groups is 1. The van der Waals surface area contributed by atoms with Gasteiger partial charge in [-0.1, -0.05) is 6.92 Å². The third kappa shape index (κ3) is 1.77. The van der Waals surface area contributed by atoms with Gasteiger partial charge in [-0.2, -0.15) is 9.78 Å². The molecule has 1 rings (SSSR count). The van der Waals surface area contributed by atoms with Crippen molar-refractivity contribution in [3.8, 4) is 0 Å². The summed E-state index contributed by atoms with van der Waals surface area (Å²) in [5.74, 6) is -1.21. The Morgan fingerprint density at radius 3 is 2.00 bits per heavy atom. The van der Waals surface area contributed by atoms with Gasteiger partial charge in [0.05, 0.1) is 0 Å². The van der Waals surface area contributed by atoms with Crippen LogP contribution in [0.3, 0.4) is 0 Å². The fourth-order valence-electron chi connectivity index (χ4n) is 0.166. The van der Waals surface area contributed by atoms with Gasteiger partial charge in [-0.3, -0.25) is 0 Å². The maximum atomic E-state index is 8.49. The van der Waals surface area contributed by atoms with Gasteiger partial charge in [-0.25, -0.2) is 0 Å². The van der Waals surface area contributed by atoms with Crippen molar-refractivity contribution in [1.82, 2.24) is 0 Å². The maximum absolute atomic E-state index is 8.49. The molecule has 0 bridgehead atoms. The molecule has 0 aromatic rings. The Kier molecular flexibility index (Phi) is 2.26. The number of hydrogen-bond acceptors (Lipinski definition) is 3. The first kappa shape index (κ1) is 7.42. The molecule has 0 atom stereocenters. The molecule has 0 aliphatic carbocycles.